The first-order valence-corrected chi connectivity index (χ1v) is 25.9. The van der Waals surface area contributed by atoms with Crippen molar-refractivity contribution in [2.45, 2.75) is 225 Å². The smallest absolute Gasteiger partial charge is 0.306 e. The molecular formula is C55H97NO8. The third kappa shape index (κ3) is 47.0. The van der Waals surface area contributed by atoms with E-state index >= 15 is 0 Å². The van der Waals surface area contributed by atoms with Crippen molar-refractivity contribution in [3.63, 3.8) is 0 Å². The third-order valence-electron chi connectivity index (χ3n) is 11.0. The van der Waals surface area contributed by atoms with Crippen LogP contribution in [0.15, 0.2) is 60.8 Å². The average molecular weight is 900 g/mol. The normalized spacial score (nSPS) is 13.3. The molecule has 0 saturated carbocycles. The third-order valence-corrected chi connectivity index (χ3v) is 11.0. The summed E-state index contributed by atoms with van der Waals surface area (Å²) in [5.74, 6) is -2.31. The molecule has 370 valence electrons. The molecule has 0 aromatic rings. The molecule has 0 aliphatic heterocycles. The van der Waals surface area contributed by atoms with Crippen LogP contribution in [0, 0.1) is 0 Å². The van der Waals surface area contributed by atoms with Gasteiger partial charge in [-0.05, 0) is 83.5 Å². The lowest BCUT2D eigenvalue weighted by Gasteiger charge is -2.26. The highest BCUT2D eigenvalue weighted by molar-refractivity contribution is 5.70. The second-order valence-electron chi connectivity index (χ2n) is 18.5. The first-order valence-electron chi connectivity index (χ1n) is 25.9. The maximum Gasteiger partial charge on any atom is 0.306 e. The maximum absolute atomic E-state index is 12.8. The van der Waals surface area contributed by atoms with Crippen molar-refractivity contribution in [1.29, 1.82) is 0 Å². The standard InChI is InChI=1S/C55H97NO8/c1-6-8-10-12-14-16-18-20-22-24-25-26-27-28-29-30-32-34-36-38-40-42-44-46-53(58)64-51(50-63-55(54(59)60)61-48-47-56(3,4)5)49-62-52(57)45-43-41-39-37-35-33-31-23-21-19-17-15-13-11-9-7-2/h17-20,23-25,27-28,31,51,55H,6-16,21-22,26,29-30,32-50H2,1-5H3/b19-17-,20-18-,25-24-,28-27-,31-23-. The zero-order valence-electron chi connectivity index (χ0n) is 41.9. The van der Waals surface area contributed by atoms with Gasteiger partial charge in [-0.25, -0.2) is 0 Å². The number of nitrogens with zero attached hydrogens (tertiary/aromatic N) is 1. The van der Waals surface area contributed by atoms with Crippen molar-refractivity contribution >= 4 is 17.9 Å². The highest BCUT2D eigenvalue weighted by atomic mass is 16.7. The molecule has 0 aromatic carbocycles. The van der Waals surface area contributed by atoms with Crippen LogP contribution in [0.1, 0.15) is 213 Å². The van der Waals surface area contributed by atoms with E-state index in [0.717, 1.165) is 83.5 Å². The van der Waals surface area contributed by atoms with Gasteiger partial charge < -0.3 is 33.3 Å². The topological polar surface area (TPSA) is 111 Å². The number of hydrogen-bond acceptors (Lipinski definition) is 8. The molecule has 2 atom stereocenters. The van der Waals surface area contributed by atoms with Gasteiger partial charge in [-0.3, -0.25) is 9.59 Å². The van der Waals surface area contributed by atoms with Gasteiger partial charge in [-0.2, -0.15) is 0 Å². The fraction of sp³-hybridized carbons (Fsp3) is 0.764. The molecule has 0 N–H and O–H groups in total. The molecule has 0 spiro atoms. The summed E-state index contributed by atoms with van der Waals surface area (Å²) in [7, 11) is 5.90. The predicted octanol–water partition coefficient (Wildman–Crippen LogP) is 13.2. The van der Waals surface area contributed by atoms with Crippen LogP contribution < -0.4 is 5.11 Å². The van der Waals surface area contributed by atoms with Crippen LogP contribution in [0.25, 0.3) is 0 Å². The summed E-state index contributed by atoms with van der Waals surface area (Å²) in [5, 5.41) is 11.7. The highest BCUT2D eigenvalue weighted by Gasteiger charge is 2.21. The molecule has 9 heteroatoms. The number of carbonyl (C=O) groups is 3. The molecular weight excluding hydrogens is 803 g/mol. The number of likely N-dealkylation sites (N-methyl/N-ethyl adjacent to an activating group) is 1. The second-order valence-corrected chi connectivity index (χ2v) is 18.5. The van der Waals surface area contributed by atoms with Crippen molar-refractivity contribution in [3.05, 3.63) is 60.8 Å². The fourth-order valence-electron chi connectivity index (χ4n) is 6.92. The number of aliphatic carboxylic acids is 1. The first-order chi connectivity index (χ1) is 31.1. The number of hydrogen-bond donors (Lipinski definition) is 0. The summed E-state index contributed by atoms with van der Waals surface area (Å²) in [6, 6.07) is 0. The van der Waals surface area contributed by atoms with Gasteiger partial charge in [0.05, 0.1) is 40.3 Å². The van der Waals surface area contributed by atoms with Gasteiger partial charge in [0.25, 0.3) is 0 Å². The lowest BCUT2D eigenvalue weighted by Crippen LogP contribution is -2.44. The van der Waals surface area contributed by atoms with E-state index < -0.39 is 24.3 Å². The quantitative estimate of drug-likeness (QED) is 0.0195. The molecule has 0 rings (SSSR count). The number of rotatable bonds is 47. The van der Waals surface area contributed by atoms with Gasteiger partial charge in [0.1, 0.15) is 13.2 Å². The average Bonchev–Trinajstić information content (AvgIpc) is 3.26. The summed E-state index contributed by atoms with van der Waals surface area (Å²) >= 11 is 0. The van der Waals surface area contributed by atoms with E-state index in [1.54, 1.807) is 0 Å². The number of carboxylic acids is 1. The number of carbonyl (C=O) groups excluding carboxylic acids is 3. The van der Waals surface area contributed by atoms with Gasteiger partial charge in [0, 0.05) is 12.8 Å². The maximum atomic E-state index is 12.8. The number of allylic oxidation sites excluding steroid dienone is 10. The monoisotopic (exact) mass is 900 g/mol. The summed E-state index contributed by atoms with van der Waals surface area (Å²) in [6.45, 7) is 4.69. The van der Waals surface area contributed by atoms with Crippen LogP contribution >= 0.6 is 0 Å². The van der Waals surface area contributed by atoms with Crippen molar-refractivity contribution in [1.82, 2.24) is 0 Å². The largest absolute Gasteiger partial charge is 0.545 e. The Hall–Kier alpha value is -3.01. The Balaban J connectivity index is 4.37. The van der Waals surface area contributed by atoms with E-state index in [1.165, 1.54) is 96.3 Å². The van der Waals surface area contributed by atoms with E-state index in [4.69, 9.17) is 18.9 Å². The minimum atomic E-state index is -1.63. The minimum Gasteiger partial charge on any atom is -0.545 e. The molecule has 0 amide bonds. The van der Waals surface area contributed by atoms with E-state index in [-0.39, 0.29) is 38.6 Å². The van der Waals surface area contributed by atoms with Crippen LogP contribution in [0.2, 0.25) is 0 Å². The summed E-state index contributed by atoms with van der Waals surface area (Å²) < 4.78 is 22.6. The SMILES string of the molecule is CCCCCC/C=C\C/C=C\CCCCCCCC(=O)OCC(COC(OCC[N+](C)(C)C)C(=O)[O-])OC(=O)CCCCCCCCCC/C=C\C/C=C\C/C=C\CCCCCCC. The summed E-state index contributed by atoms with van der Waals surface area (Å²) in [5.41, 5.74) is 0. The Morgan fingerprint density at radius 2 is 0.844 bits per heavy atom. The van der Waals surface area contributed by atoms with Crippen LogP contribution in [0.3, 0.4) is 0 Å². The lowest BCUT2D eigenvalue weighted by molar-refractivity contribution is -0.870. The van der Waals surface area contributed by atoms with E-state index in [1.807, 2.05) is 21.1 Å². The Morgan fingerprint density at radius 1 is 0.469 bits per heavy atom. The molecule has 0 aliphatic carbocycles. The summed E-state index contributed by atoms with van der Waals surface area (Å²) in [4.78, 5) is 37.1. The van der Waals surface area contributed by atoms with E-state index in [2.05, 4.69) is 74.6 Å². The van der Waals surface area contributed by atoms with Crippen molar-refractivity contribution in [2.75, 3.05) is 47.5 Å². The van der Waals surface area contributed by atoms with Gasteiger partial charge in [-0.1, -0.05) is 177 Å². The van der Waals surface area contributed by atoms with Crippen LogP contribution in [0.5, 0.6) is 0 Å². The molecule has 2 unspecified atom stereocenters. The lowest BCUT2D eigenvalue weighted by atomic mass is 10.1. The van der Waals surface area contributed by atoms with Gasteiger partial charge in [0.15, 0.2) is 12.4 Å². The van der Waals surface area contributed by atoms with Gasteiger partial charge in [0.2, 0.25) is 0 Å². The number of unbranched alkanes of at least 4 members (excludes halogenated alkanes) is 22. The van der Waals surface area contributed by atoms with E-state index in [9.17, 15) is 19.5 Å². The first kappa shape index (κ1) is 61.0. The van der Waals surface area contributed by atoms with Crippen LogP contribution in [0.4, 0.5) is 0 Å². The number of quaternary nitrogens is 1. The zero-order chi connectivity index (χ0) is 47.0. The number of ether oxygens (including phenoxy) is 4. The van der Waals surface area contributed by atoms with Crippen LogP contribution in [-0.4, -0.2) is 82.3 Å². The second kappa shape index (κ2) is 46.5. The van der Waals surface area contributed by atoms with Crippen molar-refractivity contribution in [3.8, 4) is 0 Å². The molecule has 0 radical (unpaired) electrons. The highest BCUT2D eigenvalue weighted by Crippen LogP contribution is 2.14. The van der Waals surface area contributed by atoms with Gasteiger partial charge >= 0.3 is 11.9 Å². The van der Waals surface area contributed by atoms with Crippen molar-refractivity contribution in [2.24, 2.45) is 0 Å². The predicted molar refractivity (Wildman–Crippen MR) is 265 cm³/mol. The van der Waals surface area contributed by atoms with Gasteiger partial charge in [-0.15, -0.1) is 0 Å². The Bertz CT molecular complexity index is 1230. The molecule has 0 bridgehead atoms. The zero-order valence-corrected chi connectivity index (χ0v) is 41.9. The Labute approximate surface area is 393 Å². The molecule has 0 saturated heterocycles. The molecule has 0 heterocycles. The Morgan fingerprint density at radius 3 is 1.27 bits per heavy atom. The number of esters is 2. The molecule has 9 nitrogen and oxygen atoms in total. The summed E-state index contributed by atoms with van der Waals surface area (Å²) in [6.07, 6.45) is 53.9. The molecule has 64 heavy (non-hydrogen) atoms. The fourth-order valence-corrected chi connectivity index (χ4v) is 6.92. The molecule has 0 fully saturated rings. The van der Waals surface area contributed by atoms with E-state index in [0.29, 0.717) is 17.4 Å². The molecule has 0 aliphatic rings. The Kier molecular flexibility index (Phi) is 44.3. The number of carboxylic acid groups (broad SMARTS) is 1. The van der Waals surface area contributed by atoms with Crippen LogP contribution in [-0.2, 0) is 33.3 Å². The minimum absolute atomic E-state index is 0.141. The van der Waals surface area contributed by atoms with Crippen molar-refractivity contribution < 1.29 is 42.9 Å². The molecule has 0 aromatic heterocycles.